The molecule has 1 amide bonds. The number of hydrogen-bond acceptors (Lipinski definition) is 6. The molecule has 2 aromatic rings. The van der Waals surface area contributed by atoms with Gasteiger partial charge in [-0.2, -0.15) is 0 Å². The molecule has 0 saturated heterocycles. The first-order chi connectivity index (χ1) is 11.9. The van der Waals surface area contributed by atoms with Gasteiger partial charge in [0, 0.05) is 30.4 Å². The highest BCUT2D eigenvalue weighted by Crippen LogP contribution is 2.28. The van der Waals surface area contributed by atoms with Crippen molar-refractivity contribution in [2.45, 2.75) is 25.9 Å². The Balaban J connectivity index is 2.24. The molecule has 0 radical (unpaired) electrons. The smallest absolute Gasteiger partial charge is 0.293 e. The molecule has 25 heavy (non-hydrogen) atoms. The lowest BCUT2D eigenvalue weighted by Gasteiger charge is -2.16. The second-order valence-corrected chi connectivity index (χ2v) is 5.72. The summed E-state index contributed by atoms with van der Waals surface area (Å²) in [7, 11) is 0. The average Bonchev–Trinajstić information content (AvgIpc) is 2.62. The van der Waals surface area contributed by atoms with Gasteiger partial charge in [0.2, 0.25) is 0 Å². The zero-order chi connectivity index (χ0) is 18.4. The van der Waals surface area contributed by atoms with Gasteiger partial charge in [0.15, 0.2) is 0 Å². The standard InChI is InChI=1S/C17H21N5O3/c1-11(10-18)20-17(23)13-6-7-15(16(9-13)22(24)25)21-12(2)14-5-3-4-8-19-14/h3-9,11-12,21H,10,18H2,1-2H3,(H,20,23)/t11-,12?/m0/s1. The van der Waals surface area contributed by atoms with Gasteiger partial charge in [-0.25, -0.2) is 0 Å². The summed E-state index contributed by atoms with van der Waals surface area (Å²) >= 11 is 0. The first-order valence-corrected chi connectivity index (χ1v) is 7.89. The molecule has 1 aromatic carbocycles. The number of carbonyl (C=O) groups is 1. The van der Waals surface area contributed by atoms with Gasteiger partial charge in [0.1, 0.15) is 5.69 Å². The van der Waals surface area contributed by atoms with Crippen LogP contribution in [0.25, 0.3) is 0 Å². The Morgan fingerprint density at radius 1 is 1.32 bits per heavy atom. The third-order valence-electron chi connectivity index (χ3n) is 3.69. The number of nitrogens with zero attached hydrogens (tertiary/aromatic N) is 2. The third kappa shape index (κ3) is 4.74. The van der Waals surface area contributed by atoms with Crippen LogP contribution in [0, 0.1) is 10.1 Å². The summed E-state index contributed by atoms with van der Waals surface area (Å²) in [5, 5.41) is 17.1. The first kappa shape index (κ1) is 18.3. The molecule has 1 heterocycles. The molecule has 0 fully saturated rings. The van der Waals surface area contributed by atoms with Gasteiger partial charge in [0.25, 0.3) is 11.6 Å². The fourth-order valence-corrected chi connectivity index (χ4v) is 2.25. The Morgan fingerprint density at radius 2 is 2.08 bits per heavy atom. The zero-order valence-electron chi connectivity index (χ0n) is 14.1. The predicted molar refractivity (Wildman–Crippen MR) is 95.4 cm³/mol. The van der Waals surface area contributed by atoms with Gasteiger partial charge in [-0.1, -0.05) is 6.07 Å². The van der Waals surface area contributed by atoms with Crippen LogP contribution in [0.1, 0.15) is 35.9 Å². The molecule has 0 aliphatic rings. The van der Waals surface area contributed by atoms with Crippen LogP contribution in [-0.2, 0) is 0 Å². The van der Waals surface area contributed by atoms with Crippen LogP contribution in [0.15, 0.2) is 42.6 Å². The molecule has 0 spiro atoms. The summed E-state index contributed by atoms with van der Waals surface area (Å²) in [6.45, 7) is 3.90. The van der Waals surface area contributed by atoms with Crippen LogP contribution < -0.4 is 16.4 Å². The van der Waals surface area contributed by atoms with Crippen molar-refractivity contribution in [3.63, 3.8) is 0 Å². The molecule has 8 heteroatoms. The highest BCUT2D eigenvalue weighted by molar-refractivity contribution is 5.95. The number of carbonyl (C=O) groups excluding carboxylic acids is 1. The normalized spacial score (nSPS) is 12.9. The van der Waals surface area contributed by atoms with Crippen molar-refractivity contribution in [3.8, 4) is 0 Å². The van der Waals surface area contributed by atoms with Crippen molar-refractivity contribution in [2.24, 2.45) is 5.73 Å². The van der Waals surface area contributed by atoms with Crippen LogP contribution in [0.4, 0.5) is 11.4 Å². The molecule has 0 saturated carbocycles. The summed E-state index contributed by atoms with van der Waals surface area (Å²) in [5.74, 6) is -0.398. The highest BCUT2D eigenvalue weighted by Gasteiger charge is 2.20. The number of anilines is 1. The number of aromatic nitrogens is 1. The van der Waals surface area contributed by atoms with E-state index in [4.69, 9.17) is 5.73 Å². The number of pyridine rings is 1. The van der Waals surface area contributed by atoms with Crippen molar-refractivity contribution in [1.82, 2.24) is 10.3 Å². The molecule has 2 rings (SSSR count). The van der Waals surface area contributed by atoms with E-state index >= 15 is 0 Å². The summed E-state index contributed by atoms with van der Waals surface area (Å²) in [5.41, 5.74) is 6.60. The summed E-state index contributed by atoms with van der Waals surface area (Å²) < 4.78 is 0. The number of amides is 1. The molecule has 0 aliphatic carbocycles. The zero-order valence-corrected chi connectivity index (χ0v) is 14.1. The summed E-state index contributed by atoms with van der Waals surface area (Å²) in [6.07, 6.45) is 1.66. The van der Waals surface area contributed by atoms with Crippen molar-refractivity contribution in [1.29, 1.82) is 0 Å². The van der Waals surface area contributed by atoms with Crippen LogP contribution in [0.5, 0.6) is 0 Å². The number of nitro benzene ring substituents is 1. The summed E-state index contributed by atoms with van der Waals surface area (Å²) in [6, 6.07) is 9.37. The van der Waals surface area contributed by atoms with Gasteiger partial charge in [0.05, 0.1) is 16.7 Å². The molecule has 1 unspecified atom stereocenters. The quantitative estimate of drug-likeness (QED) is 0.523. The van der Waals surface area contributed by atoms with Crippen molar-refractivity contribution in [2.75, 3.05) is 11.9 Å². The van der Waals surface area contributed by atoms with Gasteiger partial charge in [-0.05, 0) is 38.1 Å². The average molecular weight is 343 g/mol. The number of nitro groups is 1. The van der Waals surface area contributed by atoms with E-state index in [9.17, 15) is 14.9 Å². The van der Waals surface area contributed by atoms with E-state index in [0.29, 0.717) is 5.69 Å². The maximum atomic E-state index is 12.1. The molecule has 8 nitrogen and oxygen atoms in total. The molecule has 0 bridgehead atoms. The third-order valence-corrected chi connectivity index (χ3v) is 3.69. The Hall–Kier alpha value is -3.00. The Bertz CT molecular complexity index is 751. The number of nitrogens with two attached hydrogens (primary N) is 1. The Morgan fingerprint density at radius 3 is 2.68 bits per heavy atom. The highest BCUT2D eigenvalue weighted by atomic mass is 16.6. The van der Waals surface area contributed by atoms with Gasteiger partial charge < -0.3 is 16.4 Å². The lowest BCUT2D eigenvalue weighted by Crippen LogP contribution is -2.37. The first-order valence-electron chi connectivity index (χ1n) is 7.89. The van der Waals surface area contributed by atoms with E-state index in [2.05, 4.69) is 15.6 Å². The van der Waals surface area contributed by atoms with Crippen molar-refractivity contribution in [3.05, 3.63) is 64.0 Å². The van der Waals surface area contributed by atoms with Gasteiger partial charge in [-0.15, -0.1) is 0 Å². The lowest BCUT2D eigenvalue weighted by molar-refractivity contribution is -0.384. The van der Waals surface area contributed by atoms with E-state index < -0.39 is 10.8 Å². The Labute approximate surface area is 145 Å². The SMILES string of the molecule is CC(Nc1ccc(C(=O)N[C@@H](C)CN)cc1[N+](=O)[O-])c1ccccn1. The minimum absolute atomic E-state index is 0.171. The van der Waals surface area contributed by atoms with E-state index in [-0.39, 0.29) is 29.9 Å². The largest absolute Gasteiger partial charge is 0.371 e. The summed E-state index contributed by atoms with van der Waals surface area (Å²) in [4.78, 5) is 27.2. The van der Waals surface area contributed by atoms with Crippen molar-refractivity contribution < 1.29 is 9.72 Å². The minimum atomic E-state index is -0.517. The van der Waals surface area contributed by atoms with E-state index in [0.717, 1.165) is 5.69 Å². The molecule has 0 aliphatic heterocycles. The van der Waals surface area contributed by atoms with Gasteiger partial charge in [-0.3, -0.25) is 19.9 Å². The number of benzene rings is 1. The molecular weight excluding hydrogens is 322 g/mol. The van der Waals surface area contributed by atoms with E-state index in [1.54, 1.807) is 25.3 Å². The molecular formula is C17H21N5O3. The second kappa shape index (κ2) is 8.20. The molecule has 132 valence electrons. The monoisotopic (exact) mass is 343 g/mol. The van der Waals surface area contributed by atoms with E-state index in [1.165, 1.54) is 12.1 Å². The van der Waals surface area contributed by atoms with Crippen LogP contribution >= 0.6 is 0 Å². The lowest BCUT2D eigenvalue weighted by atomic mass is 10.1. The molecule has 1 aromatic heterocycles. The maximum absolute atomic E-state index is 12.1. The van der Waals surface area contributed by atoms with Crippen LogP contribution in [0.2, 0.25) is 0 Å². The van der Waals surface area contributed by atoms with Gasteiger partial charge >= 0.3 is 0 Å². The van der Waals surface area contributed by atoms with Crippen molar-refractivity contribution >= 4 is 17.3 Å². The second-order valence-electron chi connectivity index (χ2n) is 5.72. The van der Waals surface area contributed by atoms with Crippen LogP contribution in [0.3, 0.4) is 0 Å². The fourth-order valence-electron chi connectivity index (χ4n) is 2.25. The number of rotatable bonds is 7. The minimum Gasteiger partial charge on any atom is -0.371 e. The Kier molecular flexibility index (Phi) is 6.02. The molecule has 4 N–H and O–H groups in total. The number of nitrogens with one attached hydrogen (secondary N) is 2. The van der Waals surface area contributed by atoms with E-state index in [1.807, 2.05) is 19.1 Å². The predicted octanol–water partition coefficient (Wildman–Crippen LogP) is 2.24. The topological polar surface area (TPSA) is 123 Å². The van der Waals surface area contributed by atoms with Crippen LogP contribution in [-0.4, -0.2) is 28.4 Å². The molecule has 2 atom stereocenters. The maximum Gasteiger partial charge on any atom is 0.293 e. The number of hydrogen-bond donors (Lipinski definition) is 3. The fraction of sp³-hybridized carbons (Fsp3) is 0.294.